The van der Waals surface area contributed by atoms with Gasteiger partial charge in [-0.3, -0.25) is 9.88 Å². The molecule has 0 saturated heterocycles. The molecule has 4 heteroatoms. The average Bonchev–Trinajstić information content (AvgIpc) is 2.47. The minimum Gasteiger partial charge on any atom is -0.370 e. The Morgan fingerprint density at radius 2 is 2.00 bits per heavy atom. The lowest BCUT2D eigenvalue weighted by Gasteiger charge is -2.20. The molecule has 4 nitrogen and oxygen atoms in total. The minimum absolute atomic E-state index is 0.872. The monoisotopic (exact) mass is 284 g/mol. The van der Waals surface area contributed by atoms with Crippen molar-refractivity contribution in [1.82, 2.24) is 14.9 Å². The first-order chi connectivity index (χ1) is 10.2. The van der Waals surface area contributed by atoms with Crippen molar-refractivity contribution in [1.29, 1.82) is 0 Å². The smallest absolute Gasteiger partial charge is 0.126 e. The van der Waals surface area contributed by atoms with Gasteiger partial charge in [-0.2, -0.15) is 0 Å². The van der Waals surface area contributed by atoms with E-state index in [9.17, 15) is 0 Å². The summed E-state index contributed by atoms with van der Waals surface area (Å²) in [6.45, 7) is 9.96. The predicted molar refractivity (Wildman–Crippen MR) is 87.2 cm³/mol. The summed E-state index contributed by atoms with van der Waals surface area (Å²) >= 11 is 0. The third kappa shape index (κ3) is 4.83. The highest BCUT2D eigenvalue weighted by Gasteiger charge is 2.07. The number of nitrogens with one attached hydrogen (secondary N) is 1. The number of nitrogens with zero attached hydrogens (tertiary/aromatic N) is 3. The Bertz CT molecular complexity index is 568. The van der Waals surface area contributed by atoms with Gasteiger partial charge in [0.2, 0.25) is 0 Å². The maximum absolute atomic E-state index is 4.58. The zero-order valence-corrected chi connectivity index (χ0v) is 13.1. The van der Waals surface area contributed by atoms with Crippen molar-refractivity contribution in [2.24, 2.45) is 0 Å². The molecule has 0 aliphatic heterocycles. The number of anilines is 1. The van der Waals surface area contributed by atoms with E-state index >= 15 is 0 Å². The fourth-order valence-electron chi connectivity index (χ4n) is 2.30. The number of pyridine rings is 2. The molecular formula is C17H24N4. The van der Waals surface area contributed by atoms with E-state index in [1.54, 1.807) is 0 Å². The highest BCUT2D eigenvalue weighted by Crippen LogP contribution is 2.12. The zero-order valence-electron chi connectivity index (χ0n) is 13.1. The van der Waals surface area contributed by atoms with Crippen molar-refractivity contribution in [3.8, 4) is 0 Å². The number of rotatable bonds is 7. The highest BCUT2D eigenvalue weighted by molar-refractivity contribution is 5.37. The van der Waals surface area contributed by atoms with E-state index in [1.807, 2.05) is 19.2 Å². The van der Waals surface area contributed by atoms with Gasteiger partial charge in [0.15, 0.2) is 0 Å². The fourth-order valence-corrected chi connectivity index (χ4v) is 2.30. The van der Waals surface area contributed by atoms with Crippen molar-refractivity contribution in [2.45, 2.75) is 33.9 Å². The van der Waals surface area contributed by atoms with Crippen LogP contribution in [0.5, 0.6) is 0 Å². The Balaban J connectivity index is 2.03. The van der Waals surface area contributed by atoms with Crippen molar-refractivity contribution in [3.63, 3.8) is 0 Å². The maximum Gasteiger partial charge on any atom is 0.126 e. The number of hydrogen-bond acceptors (Lipinski definition) is 4. The summed E-state index contributed by atoms with van der Waals surface area (Å²) in [6.07, 6.45) is 1.87. The fraction of sp³-hybridized carbons (Fsp3) is 0.412. The third-order valence-electron chi connectivity index (χ3n) is 3.37. The van der Waals surface area contributed by atoms with E-state index in [1.165, 1.54) is 5.56 Å². The standard InChI is InChI=1S/C17H24N4/c1-4-18-17-11-15(9-10-19-17)12-21(5-2)13-16-8-6-7-14(3)20-16/h6-11H,4-5,12-13H2,1-3H3,(H,18,19). The van der Waals surface area contributed by atoms with E-state index in [2.05, 4.69) is 58.3 Å². The topological polar surface area (TPSA) is 41.0 Å². The third-order valence-corrected chi connectivity index (χ3v) is 3.37. The number of aryl methyl sites for hydroxylation is 1. The molecule has 0 spiro atoms. The minimum atomic E-state index is 0.872. The summed E-state index contributed by atoms with van der Waals surface area (Å²) in [7, 11) is 0. The second-order valence-electron chi connectivity index (χ2n) is 5.15. The molecule has 0 saturated carbocycles. The quantitative estimate of drug-likeness (QED) is 0.847. The van der Waals surface area contributed by atoms with Gasteiger partial charge in [-0.1, -0.05) is 13.0 Å². The van der Waals surface area contributed by atoms with Gasteiger partial charge in [0.25, 0.3) is 0 Å². The normalized spacial score (nSPS) is 10.9. The predicted octanol–water partition coefficient (Wildman–Crippen LogP) is 3.24. The van der Waals surface area contributed by atoms with Crippen molar-refractivity contribution < 1.29 is 0 Å². The van der Waals surface area contributed by atoms with E-state index in [4.69, 9.17) is 0 Å². The van der Waals surface area contributed by atoms with Gasteiger partial charge < -0.3 is 5.32 Å². The Labute approximate surface area is 127 Å². The van der Waals surface area contributed by atoms with Crippen LogP contribution in [0.25, 0.3) is 0 Å². The molecule has 2 rings (SSSR count). The van der Waals surface area contributed by atoms with Gasteiger partial charge in [-0.05, 0) is 50.2 Å². The van der Waals surface area contributed by atoms with Gasteiger partial charge in [0.05, 0.1) is 5.69 Å². The molecule has 0 unspecified atom stereocenters. The molecule has 0 aliphatic carbocycles. The van der Waals surface area contributed by atoms with Gasteiger partial charge in [0, 0.05) is 31.5 Å². The summed E-state index contributed by atoms with van der Waals surface area (Å²) < 4.78 is 0. The first-order valence-corrected chi connectivity index (χ1v) is 7.55. The molecule has 0 amide bonds. The van der Waals surface area contributed by atoms with E-state index in [-0.39, 0.29) is 0 Å². The van der Waals surface area contributed by atoms with Crippen LogP contribution in [0.3, 0.4) is 0 Å². The zero-order chi connectivity index (χ0) is 15.1. The molecule has 0 bridgehead atoms. The maximum atomic E-state index is 4.58. The summed E-state index contributed by atoms with van der Waals surface area (Å²) in [5, 5.41) is 3.25. The van der Waals surface area contributed by atoms with Gasteiger partial charge in [-0.15, -0.1) is 0 Å². The van der Waals surface area contributed by atoms with Crippen molar-refractivity contribution in [3.05, 3.63) is 53.5 Å². The van der Waals surface area contributed by atoms with Gasteiger partial charge in [0.1, 0.15) is 5.82 Å². The second kappa shape index (κ2) is 7.74. The molecule has 0 aromatic carbocycles. The summed E-state index contributed by atoms with van der Waals surface area (Å²) in [5.41, 5.74) is 3.47. The highest BCUT2D eigenvalue weighted by atomic mass is 15.1. The van der Waals surface area contributed by atoms with Crippen LogP contribution in [-0.2, 0) is 13.1 Å². The van der Waals surface area contributed by atoms with Crippen LogP contribution in [0.15, 0.2) is 36.5 Å². The lowest BCUT2D eigenvalue weighted by Crippen LogP contribution is -2.23. The van der Waals surface area contributed by atoms with Crippen LogP contribution in [0.2, 0.25) is 0 Å². The average molecular weight is 284 g/mol. The van der Waals surface area contributed by atoms with Gasteiger partial charge >= 0.3 is 0 Å². The van der Waals surface area contributed by atoms with Crippen LogP contribution < -0.4 is 5.32 Å². The molecule has 0 atom stereocenters. The lowest BCUT2D eigenvalue weighted by molar-refractivity contribution is 0.268. The van der Waals surface area contributed by atoms with Gasteiger partial charge in [-0.25, -0.2) is 4.98 Å². The number of aromatic nitrogens is 2. The van der Waals surface area contributed by atoms with E-state index < -0.39 is 0 Å². The van der Waals surface area contributed by atoms with Crippen LogP contribution >= 0.6 is 0 Å². The Morgan fingerprint density at radius 3 is 2.71 bits per heavy atom. The van der Waals surface area contributed by atoms with Crippen molar-refractivity contribution >= 4 is 5.82 Å². The molecular weight excluding hydrogens is 260 g/mol. The van der Waals surface area contributed by atoms with E-state index in [0.717, 1.165) is 43.4 Å². The van der Waals surface area contributed by atoms with E-state index in [0.29, 0.717) is 0 Å². The first-order valence-electron chi connectivity index (χ1n) is 7.55. The largest absolute Gasteiger partial charge is 0.370 e. The van der Waals surface area contributed by atoms with Crippen LogP contribution in [0, 0.1) is 6.92 Å². The molecule has 112 valence electrons. The summed E-state index contributed by atoms with van der Waals surface area (Å²) in [5.74, 6) is 0.944. The van der Waals surface area contributed by atoms with Crippen LogP contribution in [0.4, 0.5) is 5.82 Å². The molecule has 2 heterocycles. The Kier molecular flexibility index (Phi) is 5.69. The molecule has 0 radical (unpaired) electrons. The Morgan fingerprint density at radius 1 is 1.14 bits per heavy atom. The molecule has 2 aromatic rings. The Hall–Kier alpha value is -1.94. The second-order valence-corrected chi connectivity index (χ2v) is 5.15. The summed E-state index contributed by atoms with van der Waals surface area (Å²) in [4.78, 5) is 11.3. The van der Waals surface area contributed by atoms with Crippen molar-refractivity contribution in [2.75, 3.05) is 18.4 Å². The molecule has 1 N–H and O–H groups in total. The molecule has 21 heavy (non-hydrogen) atoms. The van der Waals surface area contributed by atoms with Crippen LogP contribution in [-0.4, -0.2) is 28.0 Å². The molecule has 2 aromatic heterocycles. The molecule has 0 aliphatic rings. The first kappa shape index (κ1) is 15.4. The summed E-state index contributed by atoms with van der Waals surface area (Å²) in [6, 6.07) is 10.4. The lowest BCUT2D eigenvalue weighted by atomic mass is 10.2. The van der Waals surface area contributed by atoms with Crippen LogP contribution in [0.1, 0.15) is 30.8 Å². The SMILES string of the molecule is CCNc1cc(CN(CC)Cc2cccc(C)n2)ccn1. The molecule has 0 fully saturated rings. The number of hydrogen-bond donors (Lipinski definition) is 1.